The van der Waals surface area contributed by atoms with Gasteiger partial charge in [0.15, 0.2) is 0 Å². The molecule has 0 saturated carbocycles. The molecule has 4 heterocycles. The number of amides is 1. The molecule has 0 aliphatic heterocycles. The van der Waals surface area contributed by atoms with Crippen molar-refractivity contribution in [3.63, 3.8) is 0 Å². The maximum Gasteiger partial charge on any atom is 0.222 e. The number of aryl methyl sites for hydroxylation is 1. The van der Waals surface area contributed by atoms with Crippen LogP contribution in [0, 0.1) is 6.92 Å². The van der Waals surface area contributed by atoms with Crippen molar-refractivity contribution in [2.24, 2.45) is 0 Å². The Morgan fingerprint density at radius 3 is 2.75 bits per heavy atom. The minimum atomic E-state index is -0.643. The molecule has 0 saturated heterocycles. The van der Waals surface area contributed by atoms with Crippen LogP contribution in [0.4, 0.5) is 5.82 Å². The summed E-state index contributed by atoms with van der Waals surface area (Å²) in [6.45, 7) is 5.12. The minimum Gasteiger partial charge on any atom is -0.389 e. The van der Waals surface area contributed by atoms with Crippen LogP contribution in [0.5, 0.6) is 0 Å². The van der Waals surface area contributed by atoms with Gasteiger partial charge in [-0.2, -0.15) is 0 Å². The molecule has 1 amide bonds. The van der Waals surface area contributed by atoms with Gasteiger partial charge in [0, 0.05) is 41.5 Å². The van der Waals surface area contributed by atoms with E-state index in [1.165, 1.54) is 6.92 Å². The molecule has 142 valence electrons. The summed E-state index contributed by atoms with van der Waals surface area (Å²) >= 11 is 1.54. The summed E-state index contributed by atoms with van der Waals surface area (Å²) in [7, 11) is 0. The number of aliphatic hydroxyl groups is 1. The van der Waals surface area contributed by atoms with Gasteiger partial charge in [0.05, 0.1) is 28.4 Å². The summed E-state index contributed by atoms with van der Waals surface area (Å²) in [5.41, 5.74) is 5.75. The highest BCUT2D eigenvalue weighted by molar-refractivity contribution is 7.13. The lowest BCUT2D eigenvalue weighted by Gasteiger charge is -2.05. The van der Waals surface area contributed by atoms with Crippen molar-refractivity contribution < 1.29 is 9.90 Å². The van der Waals surface area contributed by atoms with Gasteiger partial charge in [0.2, 0.25) is 5.91 Å². The summed E-state index contributed by atoms with van der Waals surface area (Å²) in [5.74, 6) is 0.281. The number of aromatic nitrogens is 4. The molecular weight excluding hydrogens is 374 g/mol. The Hall–Kier alpha value is -3.10. The van der Waals surface area contributed by atoms with Crippen LogP contribution in [0.25, 0.3) is 32.9 Å². The highest BCUT2D eigenvalue weighted by Crippen LogP contribution is 2.40. The van der Waals surface area contributed by atoms with E-state index in [9.17, 15) is 9.90 Å². The van der Waals surface area contributed by atoms with Crippen LogP contribution in [0.2, 0.25) is 0 Å². The van der Waals surface area contributed by atoms with Gasteiger partial charge in [-0.15, -0.1) is 11.3 Å². The lowest BCUT2D eigenvalue weighted by Crippen LogP contribution is -2.07. The van der Waals surface area contributed by atoms with Crippen LogP contribution >= 0.6 is 11.3 Å². The van der Waals surface area contributed by atoms with Gasteiger partial charge in [-0.05, 0) is 32.0 Å². The Morgan fingerprint density at radius 1 is 1.29 bits per heavy atom. The monoisotopic (exact) mass is 393 g/mol. The van der Waals surface area contributed by atoms with Crippen LogP contribution in [0.15, 0.2) is 36.0 Å². The van der Waals surface area contributed by atoms with E-state index in [-0.39, 0.29) is 5.91 Å². The first-order valence-corrected chi connectivity index (χ1v) is 9.67. The second-order valence-electron chi connectivity index (χ2n) is 6.58. The first-order valence-electron chi connectivity index (χ1n) is 8.79. The van der Waals surface area contributed by atoms with Gasteiger partial charge in [-0.25, -0.2) is 9.97 Å². The maximum absolute atomic E-state index is 11.4. The van der Waals surface area contributed by atoms with Crippen molar-refractivity contribution in [3.8, 4) is 21.8 Å². The molecule has 28 heavy (non-hydrogen) atoms. The lowest BCUT2D eigenvalue weighted by molar-refractivity contribution is -0.114. The molecule has 4 aromatic heterocycles. The molecule has 0 aromatic carbocycles. The topological polar surface area (TPSA) is 104 Å². The molecule has 1 unspecified atom stereocenters. The summed E-state index contributed by atoms with van der Waals surface area (Å²) < 4.78 is 0. The van der Waals surface area contributed by atoms with E-state index in [1.54, 1.807) is 42.8 Å². The van der Waals surface area contributed by atoms with Gasteiger partial charge in [-0.3, -0.25) is 9.78 Å². The molecule has 0 radical (unpaired) electrons. The Balaban J connectivity index is 2.00. The number of carbonyl (C=O) groups is 1. The fraction of sp³-hybridized carbons (Fsp3) is 0.200. The van der Waals surface area contributed by atoms with Crippen LogP contribution in [-0.4, -0.2) is 30.9 Å². The second kappa shape index (κ2) is 7.14. The van der Waals surface area contributed by atoms with Crippen molar-refractivity contribution in [1.29, 1.82) is 0 Å². The van der Waals surface area contributed by atoms with E-state index < -0.39 is 6.10 Å². The Bertz CT molecular complexity index is 1180. The van der Waals surface area contributed by atoms with E-state index in [0.29, 0.717) is 5.82 Å². The average molecular weight is 393 g/mol. The zero-order valence-electron chi connectivity index (χ0n) is 15.6. The summed E-state index contributed by atoms with van der Waals surface area (Å²) in [6.07, 6.45) is 2.70. The summed E-state index contributed by atoms with van der Waals surface area (Å²) in [6, 6.07) is 5.47. The number of thiazole rings is 1. The summed E-state index contributed by atoms with van der Waals surface area (Å²) in [4.78, 5) is 28.2. The fourth-order valence-corrected chi connectivity index (χ4v) is 4.03. The van der Waals surface area contributed by atoms with Gasteiger partial charge in [-0.1, -0.05) is 0 Å². The zero-order valence-corrected chi connectivity index (χ0v) is 16.5. The Labute approximate surface area is 165 Å². The van der Waals surface area contributed by atoms with Crippen molar-refractivity contribution in [3.05, 3.63) is 47.2 Å². The number of aliphatic hydroxyl groups excluding tert-OH is 1. The number of nitrogens with one attached hydrogen (secondary N) is 2. The van der Waals surface area contributed by atoms with Gasteiger partial charge in [0.1, 0.15) is 10.8 Å². The first kappa shape index (κ1) is 18.3. The van der Waals surface area contributed by atoms with E-state index in [4.69, 9.17) is 0 Å². The number of hydrogen-bond acceptors (Lipinski definition) is 6. The number of H-pyrrole nitrogens is 1. The van der Waals surface area contributed by atoms with Crippen LogP contribution in [0.1, 0.15) is 31.2 Å². The van der Waals surface area contributed by atoms with Crippen LogP contribution in [-0.2, 0) is 4.79 Å². The van der Waals surface area contributed by atoms with E-state index in [1.807, 2.05) is 18.4 Å². The molecule has 8 heteroatoms. The van der Waals surface area contributed by atoms with Crippen molar-refractivity contribution in [1.82, 2.24) is 19.9 Å². The third-order valence-electron chi connectivity index (χ3n) is 4.36. The fourth-order valence-electron chi connectivity index (χ4n) is 3.18. The average Bonchev–Trinajstić information content (AvgIpc) is 3.24. The second-order valence-corrected chi connectivity index (χ2v) is 7.44. The predicted molar refractivity (Wildman–Crippen MR) is 110 cm³/mol. The van der Waals surface area contributed by atoms with E-state index in [0.717, 1.165) is 44.1 Å². The molecular formula is C20H19N5O2S. The number of anilines is 1. The van der Waals surface area contributed by atoms with Gasteiger partial charge < -0.3 is 15.4 Å². The smallest absolute Gasteiger partial charge is 0.222 e. The maximum atomic E-state index is 11.4. The normalized spacial score (nSPS) is 12.3. The number of pyridine rings is 2. The Kier molecular flexibility index (Phi) is 4.66. The molecule has 0 fully saturated rings. The van der Waals surface area contributed by atoms with Crippen molar-refractivity contribution >= 4 is 34.1 Å². The molecule has 4 rings (SSSR count). The first-order chi connectivity index (χ1) is 13.4. The molecule has 0 bridgehead atoms. The largest absolute Gasteiger partial charge is 0.389 e. The molecule has 0 aliphatic carbocycles. The number of fused-ring (bicyclic) bond motifs is 1. The number of carbonyl (C=O) groups excluding carboxylic acids is 1. The SMILES string of the molecule is CC(=O)Nc1cc(-c2[nH]c3c(C(C)O)ccnc3c2-c2nc(C)cs2)ccn1. The highest BCUT2D eigenvalue weighted by atomic mass is 32.1. The molecule has 4 aromatic rings. The van der Waals surface area contributed by atoms with Crippen molar-refractivity contribution in [2.75, 3.05) is 5.32 Å². The quantitative estimate of drug-likeness (QED) is 0.485. The number of rotatable bonds is 4. The molecule has 0 spiro atoms. The number of aromatic amines is 1. The zero-order chi connectivity index (χ0) is 19.8. The molecule has 7 nitrogen and oxygen atoms in total. The third kappa shape index (κ3) is 3.28. The van der Waals surface area contributed by atoms with Crippen LogP contribution < -0.4 is 5.32 Å². The molecule has 3 N–H and O–H groups in total. The highest BCUT2D eigenvalue weighted by Gasteiger charge is 2.21. The summed E-state index contributed by atoms with van der Waals surface area (Å²) in [5, 5.41) is 15.7. The Morgan fingerprint density at radius 2 is 2.07 bits per heavy atom. The molecule has 1 atom stereocenters. The standard InChI is InChI=1S/C20H19N5O2S/c1-10-9-28-20(23-10)16-17(13-4-6-21-15(8-13)24-12(3)27)25-18-14(11(2)26)5-7-22-19(16)18/h4-9,11,25-26H,1-3H3,(H,21,24,27). The lowest BCUT2D eigenvalue weighted by atomic mass is 10.1. The van der Waals surface area contributed by atoms with Gasteiger partial charge in [0.25, 0.3) is 0 Å². The van der Waals surface area contributed by atoms with E-state index in [2.05, 4.69) is 25.3 Å². The van der Waals surface area contributed by atoms with E-state index >= 15 is 0 Å². The van der Waals surface area contributed by atoms with Crippen LogP contribution in [0.3, 0.4) is 0 Å². The molecule has 0 aliphatic rings. The number of nitrogens with zero attached hydrogens (tertiary/aromatic N) is 3. The van der Waals surface area contributed by atoms with Gasteiger partial charge >= 0.3 is 0 Å². The third-order valence-corrected chi connectivity index (χ3v) is 5.33. The number of hydrogen-bond donors (Lipinski definition) is 3. The predicted octanol–water partition coefficient (Wildman–Crippen LogP) is 4.07. The minimum absolute atomic E-state index is 0.185. The van der Waals surface area contributed by atoms with Crippen molar-refractivity contribution in [2.45, 2.75) is 26.9 Å².